The molecule has 0 bridgehead atoms. The zero-order chi connectivity index (χ0) is 26.1. The molecule has 0 spiro atoms. The number of methoxy groups -OCH3 is 1. The first kappa shape index (κ1) is 25.8. The summed E-state index contributed by atoms with van der Waals surface area (Å²) in [6.45, 7) is 1.85. The lowest BCUT2D eigenvalue weighted by atomic mass is 10.1. The van der Waals surface area contributed by atoms with Gasteiger partial charge < -0.3 is 35.7 Å². The summed E-state index contributed by atoms with van der Waals surface area (Å²) in [5.41, 5.74) is 7.63. The highest BCUT2D eigenvalue weighted by Gasteiger charge is 2.18. The van der Waals surface area contributed by atoms with Crippen LogP contribution in [0.15, 0.2) is 54.6 Å². The molecule has 0 unspecified atom stereocenters. The normalized spacial score (nSPS) is 10.3. The molecule has 1 aromatic heterocycles. The smallest absolute Gasteiger partial charge is 0.341 e. The molecule has 0 saturated heterocycles. The Bertz CT molecular complexity index is 1250. The highest BCUT2D eigenvalue weighted by atomic mass is 16.5. The highest BCUT2D eigenvalue weighted by molar-refractivity contribution is 6.07. The lowest BCUT2D eigenvalue weighted by Crippen LogP contribution is -2.18. The van der Waals surface area contributed by atoms with Gasteiger partial charge in [-0.3, -0.25) is 10.2 Å². The number of hydrogen-bond donors (Lipinski definition) is 5. The minimum Gasteiger partial charge on any atom is -0.490 e. The number of rotatable bonds is 12. The second-order valence-corrected chi connectivity index (χ2v) is 7.41. The van der Waals surface area contributed by atoms with E-state index in [0.29, 0.717) is 40.6 Å². The monoisotopic (exact) mass is 493 g/mol. The molecule has 2 aromatic carbocycles. The van der Waals surface area contributed by atoms with Gasteiger partial charge in [-0.2, -0.15) is 0 Å². The Morgan fingerprint density at radius 2 is 1.83 bits per heavy atom. The summed E-state index contributed by atoms with van der Waals surface area (Å²) in [5, 5.41) is 22.5. The Kier molecular flexibility index (Phi) is 8.65. The number of nitrogen functional groups attached to an aromatic ring is 1. The van der Waals surface area contributed by atoms with Crippen molar-refractivity contribution in [2.45, 2.75) is 13.5 Å². The van der Waals surface area contributed by atoms with Crippen molar-refractivity contribution in [1.82, 2.24) is 4.98 Å². The number of ether oxygens (including phenoxy) is 3. The number of hydrogen-bond acceptors (Lipinski definition) is 8. The van der Waals surface area contributed by atoms with Gasteiger partial charge in [0.25, 0.3) is 5.91 Å². The Morgan fingerprint density at radius 3 is 2.47 bits per heavy atom. The number of carbonyl (C=O) groups is 2. The van der Waals surface area contributed by atoms with Crippen LogP contribution in [0.3, 0.4) is 0 Å². The predicted octanol–water partition coefficient (Wildman–Crippen LogP) is 3.10. The molecule has 0 radical (unpaired) electrons. The molecule has 0 aliphatic rings. The first-order chi connectivity index (χ1) is 17.3. The molecule has 3 rings (SSSR count). The van der Waals surface area contributed by atoms with E-state index in [1.165, 1.54) is 7.11 Å². The molecule has 1 amide bonds. The van der Waals surface area contributed by atoms with Gasteiger partial charge in [0.1, 0.15) is 5.84 Å². The Hall–Kier alpha value is -4.80. The summed E-state index contributed by atoms with van der Waals surface area (Å²) in [7, 11) is 1.45. The molecular formula is C25H27N5O6. The lowest BCUT2D eigenvalue weighted by Gasteiger charge is -2.17. The number of carbonyl (C=O) groups excluding carboxylic acids is 1. The van der Waals surface area contributed by atoms with Crippen LogP contribution in [-0.4, -0.2) is 48.1 Å². The molecule has 0 saturated carbocycles. The average Bonchev–Trinajstić information content (AvgIpc) is 2.87. The van der Waals surface area contributed by atoms with Crippen LogP contribution in [0.25, 0.3) is 0 Å². The van der Waals surface area contributed by atoms with Gasteiger partial charge >= 0.3 is 5.97 Å². The zero-order valence-electron chi connectivity index (χ0n) is 19.8. The molecule has 36 heavy (non-hydrogen) atoms. The first-order valence-corrected chi connectivity index (χ1v) is 11.0. The van der Waals surface area contributed by atoms with E-state index in [-0.39, 0.29) is 24.0 Å². The van der Waals surface area contributed by atoms with E-state index < -0.39 is 18.5 Å². The van der Waals surface area contributed by atoms with Crippen molar-refractivity contribution in [3.05, 3.63) is 71.4 Å². The van der Waals surface area contributed by atoms with E-state index in [0.717, 1.165) is 0 Å². The Morgan fingerprint density at radius 1 is 1.08 bits per heavy atom. The number of nitrogens with two attached hydrogens (primary N) is 1. The van der Waals surface area contributed by atoms with Gasteiger partial charge in [0.05, 0.1) is 19.4 Å². The third-order valence-corrected chi connectivity index (χ3v) is 4.92. The summed E-state index contributed by atoms with van der Waals surface area (Å²) in [6.07, 6.45) is 0. The van der Waals surface area contributed by atoms with Crippen molar-refractivity contribution >= 4 is 29.1 Å². The fourth-order valence-corrected chi connectivity index (χ4v) is 3.25. The van der Waals surface area contributed by atoms with Crippen molar-refractivity contribution in [3.63, 3.8) is 0 Å². The van der Waals surface area contributed by atoms with E-state index in [1.54, 1.807) is 54.6 Å². The van der Waals surface area contributed by atoms with E-state index in [1.807, 2.05) is 6.92 Å². The molecule has 188 valence electrons. The van der Waals surface area contributed by atoms with E-state index in [4.69, 9.17) is 30.5 Å². The number of aromatic nitrogens is 1. The molecule has 0 aliphatic heterocycles. The number of aliphatic carboxylic acids is 1. The van der Waals surface area contributed by atoms with Gasteiger partial charge in [-0.25, -0.2) is 9.78 Å². The Balaban J connectivity index is 1.85. The van der Waals surface area contributed by atoms with Crippen LogP contribution < -0.4 is 30.6 Å². The molecule has 0 fully saturated rings. The SMILES string of the molecule is CCOc1cccc(CNc2ccc(OC)nc2C(=O)Nc2ccc(C(=N)N)cc2)c1OCC(=O)O. The Labute approximate surface area is 207 Å². The van der Waals surface area contributed by atoms with Gasteiger partial charge in [0.2, 0.25) is 5.88 Å². The number of carboxylic acid groups (broad SMARTS) is 1. The number of amides is 1. The van der Waals surface area contributed by atoms with E-state index >= 15 is 0 Å². The second kappa shape index (κ2) is 12.1. The largest absolute Gasteiger partial charge is 0.490 e. The first-order valence-electron chi connectivity index (χ1n) is 11.0. The van der Waals surface area contributed by atoms with Crippen molar-refractivity contribution in [1.29, 1.82) is 5.41 Å². The fourth-order valence-electron chi connectivity index (χ4n) is 3.25. The van der Waals surface area contributed by atoms with Crippen molar-refractivity contribution in [2.75, 3.05) is 31.0 Å². The molecule has 1 heterocycles. The number of carboxylic acids is 1. The van der Waals surface area contributed by atoms with Gasteiger partial charge in [-0.1, -0.05) is 12.1 Å². The number of anilines is 2. The third-order valence-electron chi connectivity index (χ3n) is 4.92. The summed E-state index contributed by atoms with van der Waals surface area (Å²) < 4.78 is 16.3. The standard InChI is InChI=1S/C25H27N5O6/c1-3-35-19-6-4-5-16(23(19)36-14-21(31)32)13-28-18-11-12-20(34-2)30-22(18)25(33)29-17-9-7-15(8-10-17)24(26)27/h4-12,28H,3,13-14H2,1-2H3,(H3,26,27)(H,29,33)(H,31,32). The average molecular weight is 494 g/mol. The van der Waals surface area contributed by atoms with Gasteiger partial charge in [-0.05, 0) is 43.3 Å². The summed E-state index contributed by atoms with van der Waals surface area (Å²) in [5.74, 6) is -0.715. The van der Waals surface area contributed by atoms with Crippen LogP contribution in [0, 0.1) is 5.41 Å². The van der Waals surface area contributed by atoms with E-state index in [9.17, 15) is 9.59 Å². The maximum absolute atomic E-state index is 13.1. The number of para-hydroxylation sites is 1. The maximum Gasteiger partial charge on any atom is 0.341 e. The molecule has 11 nitrogen and oxygen atoms in total. The lowest BCUT2D eigenvalue weighted by molar-refractivity contribution is -0.139. The number of nitrogens with one attached hydrogen (secondary N) is 3. The van der Waals surface area contributed by atoms with Crippen LogP contribution >= 0.6 is 0 Å². The van der Waals surface area contributed by atoms with Crippen molar-refractivity contribution in [3.8, 4) is 17.4 Å². The molecule has 3 aromatic rings. The molecular weight excluding hydrogens is 466 g/mol. The number of pyridine rings is 1. The molecule has 6 N–H and O–H groups in total. The summed E-state index contributed by atoms with van der Waals surface area (Å²) in [4.78, 5) is 28.4. The predicted molar refractivity (Wildman–Crippen MR) is 134 cm³/mol. The number of benzene rings is 2. The minimum atomic E-state index is -1.12. The maximum atomic E-state index is 13.1. The topological polar surface area (TPSA) is 169 Å². The third kappa shape index (κ3) is 6.63. The van der Waals surface area contributed by atoms with Crippen LogP contribution in [0.5, 0.6) is 17.4 Å². The van der Waals surface area contributed by atoms with E-state index in [2.05, 4.69) is 15.6 Å². The molecule has 0 aliphatic carbocycles. The van der Waals surface area contributed by atoms with Crippen molar-refractivity contribution < 1.29 is 28.9 Å². The minimum absolute atomic E-state index is 0.0751. The van der Waals surface area contributed by atoms with Crippen LogP contribution in [0.2, 0.25) is 0 Å². The van der Waals surface area contributed by atoms with Crippen LogP contribution in [0.1, 0.15) is 28.5 Å². The van der Waals surface area contributed by atoms with Crippen LogP contribution in [0.4, 0.5) is 11.4 Å². The number of nitrogens with zero attached hydrogens (tertiary/aromatic N) is 1. The fraction of sp³-hybridized carbons (Fsp3) is 0.200. The molecule has 0 atom stereocenters. The van der Waals surface area contributed by atoms with Gasteiger partial charge in [0, 0.05) is 29.4 Å². The summed E-state index contributed by atoms with van der Waals surface area (Å²) in [6, 6.07) is 15.0. The zero-order valence-corrected chi connectivity index (χ0v) is 19.8. The molecule has 11 heteroatoms. The quantitative estimate of drug-likeness (QED) is 0.188. The van der Waals surface area contributed by atoms with Crippen molar-refractivity contribution in [2.24, 2.45) is 5.73 Å². The van der Waals surface area contributed by atoms with Crippen LogP contribution in [-0.2, 0) is 11.3 Å². The highest BCUT2D eigenvalue weighted by Crippen LogP contribution is 2.32. The number of amidine groups is 1. The summed E-state index contributed by atoms with van der Waals surface area (Å²) >= 11 is 0. The van der Waals surface area contributed by atoms with Gasteiger partial charge in [-0.15, -0.1) is 0 Å². The second-order valence-electron chi connectivity index (χ2n) is 7.41. The van der Waals surface area contributed by atoms with Gasteiger partial charge in [0.15, 0.2) is 23.8 Å².